The Balaban J connectivity index is 2.50. The average molecular weight is 290 g/mol. The molecule has 2 aromatic rings. The molecule has 0 radical (unpaired) electrons. The highest BCUT2D eigenvalue weighted by molar-refractivity contribution is 5.33. The Labute approximate surface area is 122 Å². The zero-order chi connectivity index (χ0) is 15.6. The van der Waals surface area contributed by atoms with Crippen LogP contribution in [0.25, 0.3) is 0 Å². The average Bonchev–Trinajstić information content (AvgIpc) is 2.43. The lowest BCUT2D eigenvalue weighted by molar-refractivity contribution is 0.430. The molecule has 21 heavy (non-hydrogen) atoms. The third kappa shape index (κ3) is 2.96. The minimum absolute atomic E-state index is 0.231. The number of benzene rings is 1. The zero-order valence-corrected chi connectivity index (χ0v) is 12.4. The second-order valence-corrected chi connectivity index (χ2v) is 5.60. The molecule has 5 heteroatoms. The fourth-order valence-corrected chi connectivity index (χ4v) is 2.26. The number of nitrogens with zero attached hydrogens (tertiary/aromatic N) is 1. The quantitative estimate of drug-likeness (QED) is 0.910. The van der Waals surface area contributed by atoms with Crippen LogP contribution in [0.15, 0.2) is 29.1 Å². The molecule has 0 fully saturated rings. The first kappa shape index (κ1) is 15.2. The number of halogens is 1. The van der Waals surface area contributed by atoms with Crippen molar-refractivity contribution in [3.05, 3.63) is 57.4 Å². The van der Waals surface area contributed by atoms with Gasteiger partial charge in [-0.1, -0.05) is 25.5 Å². The topological polar surface area (TPSA) is 66.0 Å². The summed E-state index contributed by atoms with van der Waals surface area (Å²) < 4.78 is 13.0. The van der Waals surface area contributed by atoms with E-state index in [1.807, 2.05) is 20.8 Å². The Morgan fingerprint density at radius 2 is 1.90 bits per heavy atom. The predicted molar refractivity (Wildman–Crippen MR) is 79.0 cm³/mol. The van der Waals surface area contributed by atoms with Crippen LogP contribution in [0.1, 0.15) is 44.1 Å². The highest BCUT2D eigenvalue weighted by Gasteiger charge is 2.27. The van der Waals surface area contributed by atoms with Gasteiger partial charge in [0.1, 0.15) is 11.6 Å². The van der Waals surface area contributed by atoms with Crippen LogP contribution in [0.2, 0.25) is 0 Å². The number of rotatable bonds is 4. The van der Waals surface area contributed by atoms with Gasteiger partial charge in [-0.05, 0) is 38.0 Å². The maximum absolute atomic E-state index is 13.0. The molecule has 0 atom stereocenters. The highest BCUT2D eigenvalue weighted by atomic mass is 19.1. The molecule has 1 aromatic carbocycles. The van der Waals surface area contributed by atoms with Crippen LogP contribution in [0.5, 0.6) is 5.88 Å². The molecule has 112 valence electrons. The summed E-state index contributed by atoms with van der Waals surface area (Å²) in [6.45, 7) is 5.64. The molecule has 0 aliphatic carbocycles. The maximum Gasteiger partial charge on any atom is 0.257 e. The van der Waals surface area contributed by atoms with Gasteiger partial charge in [0.15, 0.2) is 0 Å². The second kappa shape index (κ2) is 5.68. The lowest BCUT2D eigenvalue weighted by Crippen LogP contribution is -2.27. The standard InChI is InChI=1S/C16H19FN2O2/c1-4-5-12-13(20)18-15(19-14(12)21)16(2,3)10-6-8-11(17)9-7-10/h6-9H,4-5H2,1-3H3,(H2,18,19,20,21). The second-order valence-electron chi connectivity index (χ2n) is 5.60. The van der Waals surface area contributed by atoms with Crippen molar-refractivity contribution in [1.29, 1.82) is 0 Å². The van der Waals surface area contributed by atoms with Crippen molar-refractivity contribution in [2.45, 2.75) is 39.0 Å². The molecule has 2 N–H and O–H groups in total. The summed E-state index contributed by atoms with van der Waals surface area (Å²) in [4.78, 5) is 18.9. The van der Waals surface area contributed by atoms with E-state index in [2.05, 4.69) is 9.97 Å². The molecule has 0 aliphatic rings. The largest absolute Gasteiger partial charge is 0.493 e. The Kier molecular flexibility index (Phi) is 4.11. The van der Waals surface area contributed by atoms with Gasteiger partial charge in [0.25, 0.3) is 5.56 Å². The fourth-order valence-electron chi connectivity index (χ4n) is 2.26. The number of H-pyrrole nitrogens is 1. The van der Waals surface area contributed by atoms with Gasteiger partial charge in [-0.25, -0.2) is 4.39 Å². The minimum Gasteiger partial charge on any atom is -0.493 e. The summed E-state index contributed by atoms with van der Waals surface area (Å²) >= 11 is 0. The van der Waals surface area contributed by atoms with Crippen molar-refractivity contribution in [2.24, 2.45) is 0 Å². The smallest absolute Gasteiger partial charge is 0.257 e. The lowest BCUT2D eigenvalue weighted by Gasteiger charge is -2.24. The summed E-state index contributed by atoms with van der Waals surface area (Å²) in [5.74, 6) is -0.195. The number of nitrogens with one attached hydrogen (secondary N) is 1. The number of aromatic nitrogens is 2. The van der Waals surface area contributed by atoms with E-state index in [0.29, 0.717) is 17.8 Å². The summed E-state index contributed by atoms with van der Waals surface area (Å²) in [5.41, 5.74) is 0.134. The fraction of sp³-hybridized carbons (Fsp3) is 0.375. The van der Waals surface area contributed by atoms with E-state index in [1.54, 1.807) is 12.1 Å². The first-order valence-corrected chi connectivity index (χ1v) is 6.95. The van der Waals surface area contributed by atoms with E-state index < -0.39 is 5.41 Å². The molecule has 0 aliphatic heterocycles. The van der Waals surface area contributed by atoms with Crippen LogP contribution >= 0.6 is 0 Å². The van der Waals surface area contributed by atoms with E-state index in [4.69, 9.17) is 0 Å². The first-order valence-electron chi connectivity index (χ1n) is 6.95. The number of aromatic hydroxyl groups is 1. The molecule has 1 aromatic heterocycles. The predicted octanol–water partition coefficient (Wildman–Crippen LogP) is 2.89. The van der Waals surface area contributed by atoms with Gasteiger partial charge < -0.3 is 10.1 Å². The van der Waals surface area contributed by atoms with Gasteiger partial charge in [0.05, 0.1) is 5.56 Å². The third-order valence-electron chi connectivity index (χ3n) is 3.65. The molecule has 2 rings (SSSR count). The van der Waals surface area contributed by atoms with Crippen LogP contribution in [0.3, 0.4) is 0 Å². The highest BCUT2D eigenvalue weighted by Crippen LogP contribution is 2.29. The van der Waals surface area contributed by atoms with E-state index in [1.165, 1.54) is 12.1 Å². The van der Waals surface area contributed by atoms with E-state index in [9.17, 15) is 14.3 Å². The van der Waals surface area contributed by atoms with Crippen molar-refractivity contribution in [2.75, 3.05) is 0 Å². The Morgan fingerprint density at radius 1 is 1.29 bits per heavy atom. The van der Waals surface area contributed by atoms with Crippen LogP contribution in [-0.4, -0.2) is 15.1 Å². The molecule has 1 heterocycles. The third-order valence-corrected chi connectivity index (χ3v) is 3.65. The van der Waals surface area contributed by atoms with Gasteiger partial charge >= 0.3 is 0 Å². The Bertz CT molecular complexity index is 690. The summed E-state index contributed by atoms with van der Waals surface area (Å²) in [7, 11) is 0. The van der Waals surface area contributed by atoms with Gasteiger partial charge in [-0.2, -0.15) is 4.98 Å². The molecule has 0 saturated heterocycles. The molecule has 0 unspecified atom stereocenters. The molecule has 0 saturated carbocycles. The van der Waals surface area contributed by atoms with Gasteiger partial charge in [-0.3, -0.25) is 4.79 Å². The number of aromatic amines is 1. The number of hydrogen-bond donors (Lipinski definition) is 2. The molecular formula is C16H19FN2O2. The monoisotopic (exact) mass is 290 g/mol. The maximum atomic E-state index is 13.0. The summed E-state index contributed by atoms with van der Waals surface area (Å²) in [6, 6.07) is 6.01. The summed E-state index contributed by atoms with van der Waals surface area (Å²) in [6.07, 6.45) is 1.23. The van der Waals surface area contributed by atoms with Gasteiger partial charge in [0.2, 0.25) is 5.88 Å². The van der Waals surface area contributed by atoms with E-state index in [0.717, 1.165) is 12.0 Å². The van der Waals surface area contributed by atoms with Crippen molar-refractivity contribution in [3.8, 4) is 5.88 Å². The Morgan fingerprint density at radius 3 is 2.43 bits per heavy atom. The molecule has 4 nitrogen and oxygen atoms in total. The van der Waals surface area contributed by atoms with Crippen molar-refractivity contribution in [1.82, 2.24) is 9.97 Å². The SMILES string of the molecule is CCCc1c(O)nc(C(C)(C)c2ccc(F)cc2)[nH]c1=O. The van der Waals surface area contributed by atoms with Crippen LogP contribution in [0.4, 0.5) is 4.39 Å². The van der Waals surface area contributed by atoms with E-state index in [-0.39, 0.29) is 17.3 Å². The van der Waals surface area contributed by atoms with Crippen LogP contribution in [0, 0.1) is 5.82 Å². The number of hydrogen-bond acceptors (Lipinski definition) is 3. The van der Waals surface area contributed by atoms with Crippen LogP contribution < -0.4 is 5.56 Å². The van der Waals surface area contributed by atoms with Crippen molar-refractivity contribution >= 4 is 0 Å². The lowest BCUT2D eigenvalue weighted by atomic mass is 9.83. The Hall–Kier alpha value is -2.17. The molecule has 0 bridgehead atoms. The van der Waals surface area contributed by atoms with Gasteiger partial charge in [0, 0.05) is 5.41 Å². The summed E-state index contributed by atoms with van der Waals surface area (Å²) in [5, 5.41) is 9.97. The van der Waals surface area contributed by atoms with E-state index >= 15 is 0 Å². The normalized spacial score (nSPS) is 11.6. The zero-order valence-electron chi connectivity index (χ0n) is 12.4. The van der Waals surface area contributed by atoms with Crippen molar-refractivity contribution < 1.29 is 9.50 Å². The molecule has 0 amide bonds. The van der Waals surface area contributed by atoms with Crippen LogP contribution in [-0.2, 0) is 11.8 Å². The van der Waals surface area contributed by atoms with Gasteiger partial charge in [-0.15, -0.1) is 0 Å². The minimum atomic E-state index is -0.644. The molecular weight excluding hydrogens is 271 g/mol. The molecule has 0 spiro atoms. The van der Waals surface area contributed by atoms with Crippen molar-refractivity contribution in [3.63, 3.8) is 0 Å². The first-order chi connectivity index (χ1) is 9.86.